The number of halogens is 2. The Morgan fingerprint density at radius 2 is 1.81 bits per heavy atom. The van der Waals surface area contributed by atoms with E-state index in [1.807, 2.05) is 0 Å². The molecule has 0 spiro atoms. The number of hydrogen-bond donors (Lipinski definition) is 2. The minimum atomic E-state index is -0.542. The van der Waals surface area contributed by atoms with E-state index in [9.17, 15) is 19.7 Å². The fourth-order valence-corrected chi connectivity index (χ4v) is 2.94. The molecule has 0 saturated heterocycles. The average molecular weight is 410 g/mol. The molecule has 2 rings (SSSR count). The van der Waals surface area contributed by atoms with Crippen molar-refractivity contribution in [1.29, 1.82) is 0 Å². The van der Waals surface area contributed by atoms with E-state index < -0.39 is 10.8 Å². The van der Waals surface area contributed by atoms with E-state index >= 15 is 0 Å². The first kappa shape index (κ1) is 20.7. The van der Waals surface area contributed by atoms with Gasteiger partial charge in [0.25, 0.3) is 11.6 Å². The topological polar surface area (TPSA) is 101 Å². The molecule has 0 heterocycles. The van der Waals surface area contributed by atoms with Gasteiger partial charge in [-0.05, 0) is 36.8 Å². The van der Waals surface area contributed by atoms with Gasteiger partial charge in [-0.3, -0.25) is 19.7 Å². The zero-order valence-corrected chi connectivity index (χ0v) is 15.9. The Bertz CT molecular complexity index is 856. The summed E-state index contributed by atoms with van der Waals surface area (Å²) in [7, 11) is 0. The molecule has 2 aromatic carbocycles. The highest BCUT2D eigenvalue weighted by molar-refractivity contribution is 6.35. The van der Waals surface area contributed by atoms with Gasteiger partial charge < -0.3 is 10.6 Å². The number of nitrogens with one attached hydrogen (secondary N) is 2. The maximum Gasteiger partial charge on any atom is 0.269 e. The van der Waals surface area contributed by atoms with Crippen molar-refractivity contribution in [3.8, 4) is 0 Å². The second-order valence-electron chi connectivity index (χ2n) is 5.76. The summed E-state index contributed by atoms with van der Waals surface area (Å²) in [6.45, 7) is 1.92. The van der Waals surface area contributed by atoms with Gasteiger partial charge in [-0.1, -0.05) is 29.3 Å². The molecule has 2 N–H and O–H groups in total. The fourth-order valence-electron chi connectivity index (χ4n) is 2.37. The van der Waals surface area contributed by atoms with Crippen LogP contribution in [-0.4, -0.2) is 23.3 Å². The zero-order valence-electron chi connectivity index (χ0n) is 14.4. The summed E-state index contributed by atoms with van der Waals surface area (Å²) in [6.07, 6.45) is 0.0776. The van der Waals surface area contributed by atoms with Gasteiger partial charge in [-0.15, -0.1) is 0 Å². The number of carbonyl (C=O) groups excluding carboxylic acids is 2. The van der Waals surface area contributed by atoms with E-state index in [0.717, 1.165) is 5.56 Å². The van der Waals surface area contributed by atoms with Gasteiger partial charge in [-0.2, -0.15) is 0 Å². The van der Waals surface area contributed by atoms with Crippen molar-refractivity contribution in [3.63, 3.8) is 0 Å². The number of rotatable bonds is 7. The Morgan fingerprint density at radius 1 is 1.15 bits per heavy atom. The SMILES string of the molecule is C[C@@H](NC(=O)CCNC(=O)c1ccc([N+](=O)[O-])cc1)c1ccc(Cl)cc1Cl. The molecule has 0 fully saturated rings. The lowest BCUT2D eigenvalue weighted by Crippen LogP contribution is -2.32. The number of non-ortho nitro benzene ring substituents is 1. The zero-order chi connectivity index (χ0) is 20.0. The third-order valence-electron chi connectivity index (χ3n) is 3.78. The molecule has 0 unspecified atom stereocenters. The lowest BCUT2D eigenvalue weighted by atomic mass is 10.1. The number of carbonyl (C=O) groups is 2. The van der Waals surface area contributed by atoms with Gasteiger partial charge in [-0.25, -0.2) is 0 Å². The number of nitro groups is 1. The van der Waals surface area contributed by atoms with E-state index in [2.05, 4.69) is 10.6 Å². The molecular weight excluding hydrogens is 393 g/mol. The summed E-state index contributed by atoms with van der Waals surface area (Å²) < 4.78 is 0. The second-order valence-corrected chi connectivity index (χ2v) is 6.61. The van der Waals surface area contributed by atoms with Gasteiger partial charge in [0.15, 0.2) is 0 Å². The van der Waals surface area contributed by atoms with Crippen LogP contribution >= 0.6 is 23.2 Å². The fraction of sp³-hybridized carbons (Fsp3) is 0.222. The molecule has 0 aliphatic carbocycles. The molecule has 2 amide bonds. The van der Waals surface area contributed by atoms with Crippen molar-refractivity contribution in [2.75, 3.05) is 6.54 Å². The molecule has 2 aromatic rings. The Hall–Kier alpha value is -2.64. The Balaban J connectivity index is 1.81. The van der Waals surface area contributed by atoms with E-state index in [1.165, 1.54) is 24.3 Å². The van der Waals surface area contributed by atoms with E-state index in [4.69, 9.17) is 23.2 Å². The molecule has 27 heavy (non-hydrogen) atoms. The van der Waals surface area contributed by atoms with Crippen LogP contribution < -0.4 is 10.6 Å². The van der Waals surface area contributed by atoms with Crippen molar-refractivity contribution in [2.45, 2.75) is 19.4 Å². The molecule has 0 radical (unpaired) electrons. The van der Waals surface area contributed by atoms with Crippen molar-refractivity contribution in [3.05, 3.63) is 73.8 Å². The van der Waals surface area contributed by atoms with Crippen LogP contribution in [0.2, 0.25) is 10.0 Å². The number of benzene rings is 2. The van der Waals surface area contributed by atoms with Gasteiger partial charge in [0, 0.05) is 40.7 Å². The number of amides is 2. The lowest BCUT2D eigenvalue weighted by molar-refractivity contribution is -0.384. The standard InChI is InChI=1S/C18H17Cl2N3O4/c1-11(15-7-4-13(19)10-16(15)20)22-17(24)8-9-21-18(25)12-2-5-14(6-3-12)23(26)27/h2-7,10-11H,8-9H2,1H3,(H,21,25)(H,22,24)/t11-/m1/s1. The predicted molar refractivity (Wildman–Crippen MR) is 103 cm³/mol. The first-order valence-electron chi connectivity index (χ1n) is 8.05. The van der Waals surface area contributed by atoms with Crippen LogP contribution in [0.5, 0.6) is 0 Å². The van der Waals surface area contributed by atoms with Crippen LogP contribution in [0, 0.1) is 10.1 Å². The quantitative estimate of drug-likeness (QED) is 0.534. The van der Waals surface area contributed by atoms with Crippen LogP contribution in [0.4, 0.5) is 5.69 Å². The van der Waals surface area contributed by atoms with Crippen LogP contribution in [0.1, 0.15) is 35.3 Å². The Labute approximate surface area is 165 Å². The molecule has 0 aliphatic heterocycles. The minimum absolute atomic E-state index is 0.0776. The highest BCUT2D eigenvalue weighted by Crippen LogP contribution is 2.26. The van der Waals surface area contributed by atoms with Crippen LogP contribution in [0.3, 0.4) is 0 Å². The number of nitrogens with zero attached hydrogens (tertiary/aromatic N) is 1. The third kappa shape index (κ3) is 5.94. The summed E-state index contributed by atoms with van der Waals surface area (Å²) in [6, 6.07) is 9.94. The molecular formula is C18H17Cl2N3O4. The molecule has 9 heteroatoms. The molecule has 142 valence electrons. The second kappa shape index (κ2) is 9.34. The van der Waals surface area contributed by atoms with Gasteiger partial charge in [0.05, 0.1) is 11.0 Å². The molecule has 0 aromatic heterocycles. The minimum Gasteiger partial charge on any atom is -0.352 e. The lowest BCUT2D eigenvalue weighted by Gasteiger charge is -2.16. The summed E-state index contributed by atoms with van der Waals surface area (Å²) in [5, 5.41) is 17.0. The number of hydrogen-bond acceptors (Lipinski definition) is 4. The van der Waals surface area contributed by atoms with Crippen molar-refractivity contribution in [2.24, 2.45) is 0 Å². The predicted octanol–water partition coefficient (Wildman–Crippen LogP) is 3.90. The molecule has 7 nitrogen and oxygen atoms in total. The summed E-state index contributed by atoms with van der Waals surface area (Å²) in [5.74, 6) is -0.663. The summed E-state index contributed by atoms with van der Waals surface area (Å²) in [4.78, 5) is 34.1. The van der Waals surface area contributed by atoms with E-state index in [1.54, 1.807) is 25.1 Å². The van der Waals surface area contributed by atoms with Crippen molar-refractivity contribution in [1.82, 2.24) is 10.6 Å². The van der Waals surface area contributed by atoms with Crippen LogP contribution in [0.25, 0.3) is 0 Å². The number of nitro benzene ring substituents is 1. The molecule has 0 bridgehead atoms. The normalized spacial score (nSPS) is 11.5. The molecule has 1 atom stereocenters. The van der Waals surface area contributed by atoms with Crippen molar-refractivity contribution < 1.29 is 14.5 Å². The van der Waals surface area contributed by atoms with E-state index in [0.29, 0.717) is 10.0 Å². The first-order valence-corrected chi connectivity index (χ1v) is 8.80. The van der Waals surface area contributed by atoms with E-state index in [-0.39, 0.29) is 36.2 Å². The first-order chi connectivity index (χ1) is 12.8. The van der Waals surface area contributed by atoms with Crippen molar-refractivity contribution >= 4 is 40.7 Å². The van der Waals surface area contributed by atoms with Gasteiger partial charge in [0.2, 0.25) is 5.91 Å². The maximum atomic E-state index is 12.0. The maximum absolute atomic E-state index is 12.0. The largest absolute Gasteiger partial charge is 0.352 e. The highest BCUT2D eigenvalue weighted by atomic mass is 35.5. The van der Waals surface area contributed by atoms with Crippen LogP contribution in [-0.2, 0) is 4.79 Å². The Kier molecular flexibility index (Phi) is 7.15. The molecule has 0 saturated carbocycles. The summed E-state index contributed by atoms with van der Waals surface area (Å²) >= 11 is 12.0. The van der Waals surface area contributed by atoms with Gasteiger partial charge >= 0.3 is 0 Å². The average Bonchev–Trinajstić information content (AvgIpc) is 2.61. The third-order valence-corrected chi connectivity index (χ3v) is 4.35. The van der Waals surface area contributed by atoms with Crippen LogP contribution in [0.15, 0.2) is 42.5 Å². The monoisotopic (exact) mass is 409 g/mol. The smallest absolute Gasteiger partial charge is 0.269 e. The van der Waals surface area contributed by atoms with Gasteiger partial charge in [0.1, 0.15) is 0 Å². The Morgan fingerprint density at radius 3 is 2.41 bits per heavy atom. The molecule has 0 aliphatic rings. The summed E-state index contributed by atoms with van der Waals surface area (Å²) in [5.41, 5.74) is 0.924. The highest BCUT2D eigenvalue weighted by Gasteiger charge is 2.14.